The molecule has 0 aliphatic carbocycles. The second kappa shape index (κ2) is 28.3. The first-order valence-corrected chi connectivity index (χ1v) is 20.6. The molecule has 0 aliphatic heterocycles. The predicted octanol–water partition coefficient (Wildman–Crippen LogP) is 5.42. The number of carbonyl (C=O) groups is 4. The van der Waals surface area contributed by atoms with Gasteiger partial charge in [0, 0.05) is 37.1 Å². The fraction of sp³-hybridized carbons (Fsp3) is 0.378. The predicted molar refractivity (Wildman–Crippen MR) is 233 cm³/mol. The summed E-state index contributed by atoms with van der Waals surface area (Å²) in [6.45, 7) is 18.9. The van der Waals surface area contributed by atoms with Gasteiger partial charge < -0.3 is 30.5 Å². The third kappa shape index (κ3) is 17.6. The third-order valence-electron chi connectivity index (χ3n) is 8.36. The van der Waals surface area contributed by atoms with Crippen LogP contribution in [0.25, 0.3) is 12.2 Å². The van der Waals surface area contributed by atoms with Gasteiger partial charge in [0.1, 0.15) is 23.0 Å². The summed E-state index contributed by atoms with van der Waals surface area (Å²) in [6, 6.07) is 17.2. The smallest absolute Gasteiger partial charge is 1.00 e. The van der Waals surface area contributed by atoms with Crippen LogP contribution in [0.4, 0.5) is 5.69 Å². The van der Waals surface area contributed by atoms with Crippen molar-refractivity contribution in [2.24, 2.45) is 0 Å². The maximum Gasteiger partial charge on any atom is 1.00 e. The van der Waals surface area contributed by atoms with Crippen molar-refractivity contribution in [3.05, 3.63) is 124 Å². The van der Waals surface area contributed by atoms with E-state index in [0.29, 0.717) is 47.1 Å². The molecule has 0 saturated heterocycles. The van der Waals surface area contributed by atoms with Gasteiger partial charge in [-0.05, 0) is 101 Å². The minimum absolute atomic E-state index is 0. The van der Waals surface area contributed by atoms with Gasteiger partial charge in [-0.15, -0.1) is 0 Å². The summed E-state index contributed by atoms with van der Waals surface area (Å²) < 4.78 is 16.8. The molecule has 58 heavy (non-hydrogen) atoms. The van der Waals surface area contributed by atoms with Crippen molar-refractivity contribution in [3.63, 3.8) is 0 Å². The quantitative estimate of drug-likeness (QED) is 0.0574. The fourth-order valence-electron chi connectivity index (χ4n) is 5.55. The zero-order valence-electron chi connectivity index (χ0n) is 37.4. The molecule has 0 unspecified atom stereocenters. The van der Waals surface area contributed by atoms with Gasteiger partial charge >= 0.3 is 60.4 Å². The molecule has 13 heteroatoms. The van der Waals surface area contributed by atoms with Gasteiger partial charge in [-0.2, -0.15) is 0 Å². The van der Waals surface area contributed by atoms with E-state index in [9.17, 15) is 19.2 Å². The molecule has 0 fully saturated rings. The third-order valence-corrected chi connectivity index (χ3v) is 8.36. The van der Waals surface area contributed by atoms with Crippen molar-refractivity contribution in [2.75, 3.05) is 23.5 Å². The average Bonchev–Trinajstić information content (AvgIpc) is 3.80. The molecule has 2 N–H and O–H groups in total. The van der Waals surface area contributed by atoms with Crippen LogP contribution in [0.15, 0.2) is 81.7 Å². The molecule has 306 valence electrons. The van der Waals surface area contributed by atoms with E-state index < -0.39 is 5.97 Å². The Hall–Kier alpha value is -3.15. The van der Waals surface area contributed by atoms with E-state index in [-0.39, 0.29) is 90.9 Å². The SMILES string of the molecule is CC(C)c1cc(/C=C/C(=O)N(C)c2cccc(C(=O)O)c2)oc1C(C)C.CCOC(=O)c1cccc(CC(=O)/C=C/c2cc(C(C)C)c(C(C)C)o2)c1.CI.[H-].[Li+].[Na+].[OH-]. The Morgan fingerprint density at radius 1 is 0.759 bits per heavy atom. The summed E-state index contributed by atoms with van der Waals surface area (Å²) in [7, 11) is 1.61. The Balaban J connectivity index is -0.000000958. The van der Waals surface area contributed by atoms with Crippen LogP contribution in [0.3, 0.4) is 0 Å². The molecule has 10 nitrogen and oxygen atoms in total. The van der Waals surface area contributed by atoms with Crippen LogP contribution >= 0.6 is 22.6 Å². The maximum absolute atomic E-state index is 12.4. The standard InChI is InChI=1S/C23H28O4.C21H25NO4.CH3I.Li.Na.H2O.H/c1-6-26-23(25)18-9-7-8-17(12-18)13-19(24)10-11-20-14-21(15(2)3)22(27-20)16(4)5;1-13(2)18-12-17(26-20(18)14(3)4)9-10-19(23)22(5)16-8-6-7-15(11-16)21(24)25;1-2;;;;/h7-12,14-16H,6,13H2,1-5H3;6-14H,1-5H3,(H,24,25);1H3;;;1H2;/q;;;2*+1;;-1/p-1/b11-10+;10-9+;;;;;. The Morgan fingerprint density at radius 3 is 1.69 bits per heavy atom. The number of hydrogen-bond acceptors (Lipinski definition) is 8. The van der Waals surface area contributed by atoms with Crippen molar-refractivity contribution < 1.29 is 93.2 Å². The number of carboxylic acids is 1. The average molecular weight is 914 g/mol. The Morgan fingerprint density at radius 2 is 1.24 bits per heavy atom. The van der Waals surface area contributed by atoms with Gasteiger partial charge in [-0.3, -0.25) is 9.59 Å². The number of ketones is 1. The number of alkyl halides is 1. The molecule has 0 saturated carbocycles. The van der Waals surface area contributed by atoms with Crippen molar-refractivity contribution in [1.29, 1.82) is 0 Å². The summed E-state index contributed by atoms with van der Waals surface area (Å²) in [5.41, 5.74) is 4.22. The van der Waals surface area contributed by atoms with Gasteiger partial charge in [0.15, 0.2) is 5.78 Å². The topological polar surface area (TPSA) is 157 Å². The fourth-order valence-corrected chi connectivity index (χ4v) is 5.55. The number of benzene rings is 2. The number of anilines is 1. The summed E-state index contributed by atoms with van der Waals surface area (Å²) >= 11 is 2.15. The molecule has 0 spiro atoms. The van der Waals surface area contributed by atoms with Crippen molar-refractivity contribution >= 4 is 64.1 Å². The van der Waals surface area contributed by atoms with E-state index in [1.807, 2.05) is 23.1 Å². The minimum Gasteiger partial charge on any atom is -1.00 e. The van der Waals surface area contributed by atoms with Crippen molar-refractivity contribution in [2.45, 2.75) is 92.4 Å². The number of likely N-dealkylation sites (N-methyl/N-ethyl adjacent to an activating group) is 1. The van der Waals surface area contributed by atoms with Gasteiger partial charge in [0.05, 0.1) is 17.7 Å². The first kappa shape index (κ1) is 56.9. The number of aromatic carboxylic acids is 1. The Labute approximate surface area is 393 Å². The number of allylic oxidation sites excluding steroid dienone is 1. The minimum atomic E-state index is -1.03. The molecule has 2 heterocycles. The van der Waals surface area contributed by atoms with E-state index in [4.69, 9.17) is 18.7 Å². The maximum atomic E-state index is 12.4. The van der Waals surface area contributed by atoms with Gasteiger partial charge in [0.25, 0.3) is 5.91 Å². The number of rotatable bonds is 14. The molecule has 1 amide bonds. The van der Waals surface area contributed by atoms with Gasteiger partial charge in [0.2, 0.25) is 0 Å². The monoisotopic (exact) mass is 913 g/mol. The number of carboxylic acid groups (broad SMARTS) is 1. The van der Waals surface area contributed by atoms with E-state index in [1.165, 1.54) is 34.7 Å². The van der Waals surface area contributed by atoms with Crippen LogP contribution in [0.2, 0.25) is 0 Å². The molecule has 0 radical (unpaired) electrons. The van der Waals surface area contributed by atoms with Crippen molar-refractivity contribution in [1.82, 2.24) is 0 Å². The van der Waals surface area contributed by atoms with E-state index >= 15 is 0 Å². The summed E-state index contributed by atoms with van der Waals surface area (Å²) in [5, 5.41) is 9.07. The Bertz CT molecular complexity index is 1920. The van der Waals surface area contributed by atoms with Gasteiger partial charge in [-0.25, -0.2) is 9.59 Å². The Kier molecular flexibility index (Phi) is 27.8. The van der Waals surface area contributed by atoms with Crippen molar-refractivity contribution in [3.8, 4) is 0 Å². The van der Waals surface area contributed by atoms with Crippen LogP contribution in [0.1, 0.15) is 148 Å². The van der Waals surface area contributed by atoms with Crippen LogP contribution in [-0.4, -0.2) is 52.8 Å². The molecule has 0 atom stereocenters. The van der Waals surface area contributed by atoms with Crippen LogP contribution in [-0.2, 0) is 20.7 Å². The second-order valence-corrected chi connectivity index (χ2v) is 14.0. The molecule has 0 aliphatic rings. The number of ether oxygens (including phenoxy) is 1. The summed E-state index contributed by atoms with van der Waals surface area (Å²) in [5.74, 6) is 2.80. The van der Waals surface area contributed by atoms with E-state index in [2.05, 4.69) is 78.0 Å². The van der Waals surface area contributed by atoms with Crippen LogP contribution < -0.4 is 53.3 Å². The number of esters is 1. The van der Waals surface area contributed by atoms with Crippen LogP contribution in [0.5, 0.6) is 0 Å². The molecule has 2 aromatic heterocycles. The molecular weight excluding hydrogens is 855 g/mol. The van der Waals surface area contributed by atoms with E-state index in [1.54, 1.807) is 56.5 Å². The zero-order chi connectivity index (χ0) is 41.4. The van der Waals surface area contributed by atoms with E-state index in [0.717, 1.165) is 22.6 Å². The number of furan rings is 2. The number of amides is 1. The molecule has 2 aromatic carbocycles. The van der Waals surface area contributed by atoms with Crippen LogP contribution in [0, 0.1) is 0 Å². The number of halogens is 1. The molecule has 4 rings (SSSR count). The number of nitrogens with zero attached hydrogens (tertiary/aromatic N) is 1. The molecule has 0 bridgehead atoms. The number of hydrogen-bond donors (Lipinski definition) is 1. The second-order valence-electron chi connectivity index (χ2n) is 14.0. The molecular formula is C45H58ILiNNaO9. The normalized spacial score (nSPS) is 10.6. The zero-order valence-corrected chi connectivity index (χ0v) is 40.5. The molecule has 4 aromatic rings. The number of carbonyl (C=O) groups excluding carboxylic acids is 3. The first-order valence-electron chi connectivity index (χ1n) is 18.4. The summed E-state index contributed by atoms with van der Waals surface area (Å²) in [4.78, 5) is 51.0. The van der Waals surface area contributed by atoms with Gasteiger partial charge in [-0.1, -0.05) is 96.2 Å². The summed E-state index contributed by atoms with van der Waals surface area (Å²) in [6.07, 6.45) is 6.55. The first-order chi connectivity index (χ1) is 26.0. The largest absolute Gasteiger partial charge is 1.00 e.